The fourth-order valence-electron chi connectivity index (χ4n) is 2.65. The van der Waals surface area contributed by atoms with Crippen molar-refractivity contribution in [3.63, 3.8) is 0 Å². The van der Waals surface area contributed by atoms with Gasteiger partial charge in [0.1, 0.15) is 5.65 Å². The van der Waals surface area contributed by atoms with Gasteiger partial charge in [0.2, 0.25) is 5.91 Å². The standard InChI is InChI=1S/C15H17N3O2S/c1-10(19)21-9-12-5-14(20)18(8-12)7-11-4-13-2-3-16-15(13)17-6-11/h2-4,6,12H,5,7-9H2,1H3,(H,16,17). The summed E-state index contributed by atoms with van der Waals surface area (Å²) < 4.78 is 0. The first-order valence-corrected chi connectivity index (χ1v) is 7.93. The van der Waals surface area contributed by atoms with Gasteiger partial charge in [-0.25, -0.2) is 4.98 Å². The molecule has 1 aliphatic heterocycles. The van der Waals surface area contributed by atoms with E-state index in [0.29, 0.717) is 13.0 Å². The van der Waals surface area contributed by atoms with Crippen LogP contribution in [0.1, 0.15) is 18.9 Å². The SMILES string of the molecule is CC(=O)SCC1CC(=O)N(Cc2cnc3[nH]ccc3c2)C1. The van der Waals surface area contributed by atoms with Crippen molar-refractivity contribution in [3.05, 3.63) is 30.1 Å². The molecule has 2 aromatic rings. The number of thioether (sulfide) groups is 1. The Morgan fingerprint density at radius 2 is 2.43 bits per heavy atom. The molecule has 6 heteroatoms. The van der Waals surface area contributed by atoms with E-state index in [1.54, 1.807) is 6.92 Å². The third-order valence-electron chi connectivity index (χ3n) is 3.65. The zero-order chi connectivity index (χ0) is 14.8. The number of hydrogen-bond donors (Lipinski definition) is 1. The molecule has 0 bridgehead atoms. The largest absolute Gasteiger partial charge is 0.346 e. The lowest BCUT2D eigenvalue weighted by molar-refractivity contribution is -0.128. The van der Waals surface area contributed by atoms with E-state index >= 15 is 0 Å². The number of nitrogens with one attached hydrogen (secondary N) is 1. The molecule has 1 atom stereocenters. The highest BCUT2D eigenvalue weighted by molar-refractivity contribution is 8.13. The van der Waals surface area contributed by atoms with Crippen molar-refractivity contribution in [2.45, 2.75) is 19.9 Å². The molecule has 3 heterocycles. The van der Waals surface area contributed by atoms with Gasteiger partial charge in [0.15, 0.2) is 5.12 Å². The molecule has 0 saturated carbocycles. The van der Waals surface area contributed by atoms with E-state index in [9.17, 15) is 9.59 Å². The maximum Gasteiger partial charge on any atom is 0.223 e. The predicted molar refractivity (Wildman–Crippen MR) is 82.8 cm³/mol. The van der Waals surface area contributed by atoms with Crippen LogP contribution in [0.5, 0.6) is 0 Å². The third kappa shape index (κ3) is 3.26. The molecule has 3 rings (SSSR count). The smallest absolute Gasteiger partial charge is 0.223 e. The molecule has 0 aliphatic carbocycles. The number of aromatic nitrogens is 2. The fraction of sp³-hybridized carbons (Fsp3) is 0.400. The van der Waals surface area contributed by atoms with E-state index in [4.69, 9.17) is 0 Å². The van der Waals surface area contributed by atoms with E-state index in [2.05, 4.69) is 16.0 Å². The second-order valence-corrected chi connectivity index (χ2v) is 6.60. The van der Waals surface area contributed by atoms with E-state index < -0.39 is 0 Å². The maximum atomic E-state index is 12.1. The summed E-state index contributed by atoms with van der Waals surface area (Å²) in [5.74, 6) is 1.17. The first-order chi connectivity index (χ1) is 10.1. The number of H-pyrrole nitrogens is 1. The lowest BCUT2D eigenvalue weighted by atomic mass is 10.1. The molecule has 2 aromatic heterocycles. The summed E-state index contributed by atoms with van der Waals surface area (Å²) in [6.07, 6.45) is 4.21. The topological polar surface area (TPSA) is 66.1 Å². The van der Waals surface area contributed by atoms with Crippen LogP contribution in [0.2, 0.25) is 0 Å². The molecule has 5 nitrogen and oxygen atoms in total. The third-order valence-corrected chi connectivity index (χ3v) is 4.69. The van der Waals surface area contributed by atoms with E-state index in [0.717, 1.165) is 28.9 Å². The highest BCUT2D eigenvalue weighted by atomic mass is 32.2. The van der Waals surface area contributed by atoms with Crippen LogP contribution in [0.25, 0.3) is 11.0 Å². The van der Waals surface area contributed by atoms with Crippen molar-refractivity contribution < 1.29 is 9.59 Å². The molecule has 1 unspecified atom stereocenters. The summed E-state index contributed by atoms with van der Waals surface area (Å²) in [4.78, 5) is 32.3. The monoisotopic (exact) mass is 303 g/mol. The molecule has 0 aromatic carbocycles. The van der Waals surface area contributed by atoms with Gasteiger partial charge in [0.05, 0.1) is 0 Å². The highest BCUT2D eigenvalue weighted by Gasteiger charge is 2.29. The molecule has 21 heavy (non-hydrogen) atoms. The lowest BCUT2D eigenvalue weighted by Gasteiger charge is -2.16. The average Bonchev–Trinajstić information content (AvgIpc) is 3.03. The predicted octanol–water partition coefficient (Wildman–Crippen LogP) is 2.19. The molecule has 0 radical (unpaired) electrons. The zero-order valence-corrected chi connectivity index (χ0v) is 12.7. The Kier molecular flexibility index (Phi) is 3.96. The molecule has 1 amide bonds. The number of aromatic amines is 1. The van der Waals surface area contributed by atoms with E-state index in [1.807, 2.05) is 23.4 Å². The second-order valence-electron chi connectivity index (χ2n) is 5.41. The van der Waals surface area contributed by atoms with Gasteiger partial charge < -0.3 is 9.88 Å². The number of pyridine rings is 1. The second kappa shape index (κ2) is 5.89. The van der Waals surface area contributed by atoms with Crippen molar-refractivity contribution in [2.75, 3.05) is 12.3 Å². The van der Waals surface area contributed by atoms with Crippen molar-refractivity contribution in [1.82, 2.24) is 14.9 Å². The normalized spacial score (nSPS) is 18.6. The summed E-state index contributed by atoms with van der Waals surface area (Å²) in [6.45, 7) is 2.88. The molecular weight excluding hydrogens is 286 g/mol. The summed E-state index contributed by atoms with van der Waals surface area (Å²) in [5.41, 5.74) is 1.90. The minimum Gasteiger partial charge on any atom is -0.346 e. The number of amides is 1. The van der Waals surface area contributed by atoms with Gasteiger partial charge in [-0.2, -0.15) is 0 Å². The Balaban J connectivity index is 1.64. The number of rotatable bonds is 4. The molecule has 1 fully saturated rings. The quantitative estimate of drug-likeness (QED) is 0.940. The summed E-state index contributed by atoms with van der Waals surface area (Å²) in [5, 5.41) is 1.17. The van der Waals surface area contributed by atoms with Crippen LogP contribution < -0.4 is 0 Å². The Morgan fingerprint density at radius 3 is 3.24 bits per heavy atom. The minimum atomic E-state index is 0.114. The number of likely N-dealkylation sites (tertiary alicyclic amines) is 1. The van der Waals surface area contributed by atoms with Crippen molar-refractivity contribution in [2.24, 2.45) is 5.92 Å². The van der Waals surface area contributed by atoms with Crippen LogP contribution in [0.4, 0.5) is 0 Å². The van der Waals surface area contributed by atoms with Gasteiger partial charge in [0, 0.05) is 50.0 Å². The Bertz CT molecular complexity index is 682. The van der Waals surface area contributed by atoms with Gasteiger partial charge >= 0.3 is 0 Å². The van der Waals surface area contributed by atoms with Crippen LogP contribution in [-0.4, -0.2) is 38.2 Å². The van der Waals surface area contributed by atoms with Crippen LogP contribution in [-0.2, 0) is 16.1 Å². The molecule has 1 aliphatic rings. The van der Waals surface area contributed by atoms with Gasteiger partial charge in [-0.3, -0.25) is 9.59 Å². The summed E-state index contributed by atoms with van der Waals surface area (Å²) in [6, 6.07) is 4.04. The maximum absolute atomic E-state index is 12.1. The van der Waals surface area contributed by atoms with Gasteiger partial charge in [-0.15, -0.1) is 0 Å². The van der Waals surface area contributed by atoms with Gasteiger partial charge in [-0.1, -0.05) is 11.8 Å². The van der Waals surface area contributed by atoms with Gasteiger partial charge in [-0.05, 0) is 23.6 Å². The van der Waals surface area contributed by atoms with E-state index in [-0.39, 0.29) is 16.9 Å². The van der Waals surface area contributed by atoms with Crippen LogP contribution in [0.3, 0.4) is 0 Å². The van der Waals surface area contributed by atoms with Crippen molar-refractivity contribution >= 4 is 33.8 Å². The fourth-order valence-corrected chi connectivity index (χ4v) is 3.34. The number of carbonyl (C=O) groups is 2. The zero-order valence-electron chi connectivity index (χ0n) is 11.8. The molecule has 1 saturated heterocycles. The highest BCUT2D eigenvalue weighted by Crippen LogP contribution is 2.24. The van der Waals surface area contributed by atoms with Crippen LogP contribution in [0, 0.1) is 5.92 Å². The molecule has 1 N–H and O–H groups in total. The summed E-state index contributed by atoms with van der Waals surface area (Å²) >= 11 is 1.31. The Hall–Kier alpha value is -1.82. The lowest BCUT2D eigenvalue weighted by Crippen LogP contribution is -2.24. The number of hydrogen-bond acceptors (Lipinski definition) is 4. The summed E-state index contributed by atoms with van der Waals surface area (Å²) in [7, 11) is 0. The Morgan fingerprint density at radius 1 is 1.57 bits per heavy atom. The number of carbonyl (C=O) groups excluding carboxylic acids is 2. The molecule has 0 spiro atoms. The first kappa shape index (κ1) is 14.1. The minimum absolute atomic E-state index is 0.114. The molecular formula is C15H17N3O2S. The first-order valence-electron chi connectivity index (χ1n) is 6.95. The van der Waals surface area contributed by atoms with Crippen LogP contribution >= 0.6 is 11.8 Å². The van der Waals surface area contributed by atoms with E-state index in [1.165, 1.54) is 11.8 Å². The van der Waals surface area contributed by atoms with Crippen LogP contribution in [0.15, 0.2) is 24.5 Å². The molecule has 110 valence electrons. The Labute approximate surface area is 127 Å². The van der Waals surface area contributed by atoms with Crippen molar-refractivity contribution in [1.29, 1.82) is 0 Å². The van der Waals surface area contributed by atoms with Crippen molar-refractivity contribution in [3.8, 4) is 0 Å². The number of fused-ring (bicyclic) bond motifs is 1. The average molecular weight is 303 g/mol. The number of nitrogens with zero attached hydrogens (tertiary/aromatic N) is 2. The van der Waals surface area contributed by atoms with Gasteiger partial charge in [0.25, 0.3) is 0 Å².